The summed E-state index contributed by atoms with van der Waals surface area (Å²) in [6.07, 6.45) is 15.9. The van der Waals surface area contributed by atoms with E-state index in [1.54, 1.807) is 0 Å². The predicted octanol–water partition coefficient (Wildman–Crippen LogP) is 4.32. The maximum Gasteiger partial charge on any atom is 0.227 e. The van der Waals surface area contributed by atoms with Crippen LogP contribution in [0.2, 0.25) is 0 Å². The average molecular weight is 499 g/mol. The van der Waals surface area contributed by atoms with Crippen LogP contribution in [0.4, 0.5) is 11.8 Å². The second kappa shape index (κ2) is 12.5. The van der Waals surface area contributed by atoms with E-state index in [2.05, 4.69) is 27.0 Å². The van der Waals surface area contributed by atoms with Gasteiger partial charge in [-0.05, 0) is 77.7 Å². The van der Waals surface area contributed by atoms with Gasteiger partial charge < -0.3 is 30.6 Å². The van der Waals surface area contributed by atoms with Crippen LogP contribution in [0.15, 0.2) is 6.33 Å². The number of imidazole rings is 1. The molecule has 3 fully saturated rings. The van der Waals surface area contributed by atoms with Crippen molar-refractivity contribution in [3.05, 3.63) is 6.33 Å². The third kappa shape index (κ3) is 6.47. The summed E-state index contributed by atoms with van der Waals surface area (Å²) >= 11 is 0. The molecule has 0 spiro atoms. The highest BCUT2D eigenvalue weighted by Gasteiger charge is 2.26. The maximum absolute atomic E-state index is 6.13. The minimum absolute atomic E-state index is 0.336. The van der Waals surface area contributed by atoms with Gasteiger partial charge in [-0.15, -0.1) is 0 Å². The molecule has 3 aliphatic rings. The first kappa shape index (κ1) is 25.7. The minimum atomic E-state index is 0.336. The quantitative estimate of drug-likeness (QED) is 0.394. The number of piperidine rings is 1. The van der Waals surface area contributed by atoms with E-state index in [4.69, 9.17) is 25.4 Å². The molecule has 1 aliphatic heterocycles. The fraction of sp³-hybridized carbons (Fsp3) is 0.815. The van der Waals surface area contributed by atoms with Crippen LogP contribution in [-0.4, -0.2) is 75.4 Å². The van der Waals surface area contributed by atoms with Crippen LogP contribution >= 0.6 is 0 Å². The van der Waals surface area contributed by atoms with E-state index < -0.39 is 0 Å². The number of likely N-dealkylation sites (tertiary alicyclic amines) is 1. The first-order chi connectivity index (χ1) is 17.7. The number of unbranched alkanes of at least 4 members (excludes halogenated alkanes) is 1. The lowest BCUT2D eigenvalue weighted by molar-refractivity contribution is 0.136. The molecule has 0 amide bonds. The average Bonchev–Trinajstić information content (AvgIpc) is 3.57. The first-order valence-electron chi connectivity index (χ1n) is 14.5. The van der Waals surface area contributed by atoms with Gasteiger partial charge in [-0.2, -0.15) is 9.97 Å². The summed E-state index contributed by atoms with van der Waals surface area (Å²) in [5.74, 6) is 1.62. The normalized spacial score (nSPS) is 24.5. The smallest absolute Gasteiger partial charge is 0.227 e. The van der Waals surface area contributed by atoms with Crippen molar-refractivity contribution < 1.29 is 4.74 Å². The fourth-order valence-electron chi connectivity index (χ4n) is 6.16. The van der Waals surface area contributed by atoms with Crippen molar-refractivity contribution in [3.8, 4) is 0 Å². The highest BCUT2D eigenvalue weighted by molar-refractivity contribution is 5.84. The van der Waals surface area contributed by atoms with E-state index in [9.17, 15) is 0 Å². The lowest BCUT2D eigenvalue weighted by Crippen LogP contribution is -2.39. The second-order valence-corrected chi connectivity index (χ2v) is 11.1. The molecule has 9 nitrogen and oxygen atoms in total. The Labute approximate surface area is 216 Å². The van der Waals surface area contributed by atoms with Crippen molar-refractivity contribution in [2.45, 2.75) is 108 Å². The van der Waals surface area contributed by atoms with Crippen LogP contribution in [0.1, 0.15) is 90.0 Å². The summed E-state index contributed by atoms with van der Waals surface area (Å²) in [5, 5.41) is 7.43. The molecular formula is C27H46N8O. The lowest BCUT2D eigenvalue weighted by Gasteiger charge is -2.32. The van der Waals surface area contributed by atoms with E-state index in [0.717, 1.165) is 94.2 Å². The predicted molar refractivity (Wildman–Crippen MR) is 145 cm³/mol. The van der Waals surface area contributed by atoms with Crippen LogP contribution in [0.5, 0.6) is 0 Å². The van der Waals surface area contributed by atoms with E-state index >= 15 is 0 Å². The van der Waals surface area contributed by atoms with Crippen molar-refractivity contribution in [2.75, 3.05) is 43.5 Å². The van der Waals surface area contributed by atoms with Gasteiger partial charge in [-0.1, -0.05) is 12.8 Å². The molecule has 4 N–H and O–H groups in total. The summed E-state index contributed by atoms with van der Waals surface area (Å²) in [7, 11) is 0. The fourth-order valence-corrected chi connectivity index (χ4v) is 6.16. The third-order valence-corrected chi connectivity index (χ3v) is 8.39. The third-order valence-electron chi connectivity index (χ3n) is 8.39. The summed E-state index contributed by atoms with van der Waals surface area (Å²) in [6.45, 7) is 7.19. The van der Waals surface area contributed by atoms with Crippen LogP contribution in [-0.2, 0) is 4.74 Å². The van der Waals surface area contributed by atoms with Crippen molar-refractivity contribution >= 4 is 22.9 Å². The highest BCUT2D eigenvalue weighted by Crippen LogP contribution is 2.34. The summed E-state index contributed by atoms with van der Waals surface area (Å²) in [4.78, 5) is 17.4. The molecule has 9 heteroatoms. The van der Waals surface area contributed by atoms with Gasteiger partial charge >= 0.3 is 0 Å². The van der Waals surface area contributed by atoms with Crippen LogP contribution in [0.25, 0.3) is 11.2 Å². The Morgan fingerprint density at radius 1 is 0.944 bits per heavy atom. The van der Waals surface area contributed by atoms with Crippen LogP contribution < -0.4 is 16.4 Å². The Morgan fingerprint density at radius 2 is 1.69 bits per heavy atom. The highest BCUT2D eigenvalue weighted by atomic mass is 16.5. The van der Waals surface area contributed by atoms with Gasteiger partial charge in [0.1, 0.15) is 0 Å². The molecule has 0 aromatic carbocycles. The van der Waals surface area contributed by atoms with Gasteiger partial charge in [-0.3, -0.25) is 0 Å². The zero-order valence-corrected chi connectivity index (χ0v) is 22.1. The van der Waals surface area contributed by atoms with Crippen LogP contribution in [0.3, 0.4) is 0 Å². The van der Waals surface area contributed by atoms with Gasteiger partial charge in [0.2, 0.25) is 5.95 Å². The molecule has 5 rings (SSSR count). The number of fused-ring (bicyclic) bond motifs is 1. The molecule has 1 saturated heterocycles. The Balaban J connectivity index is 1.26. The molecule has 2 saturated carbocycles. The molecule has 2 aromatic rings. The lowest BCUT2D eigenvalue weighted by atomic mass is 9.92. The number of nitrogens with zero attached hydrogens (tertiary/aromatic N) is 5. The van der Waals surface area contributed by atoms with Gasteiger partial charge in [-0.25, -0.2) is 4.98 Å². The molecule has 0 unspecified atom stereocenters. The second-order valence-electron chi connectivity index (χ2n) is 11.1. The SMILES string of the molecule is CCOCCCCN1CCC(Nc2nc(NC3CCC(N)CC3)nc3c2ncn3C2CCCC2)CC1. The zero-order valence-electron chi connectivity index (χ0n) is 22.1. The minimum Gasteiger partial charge on any atom is -0.382 e. The summed E-state index contributed by atoms with van der Waals surface area (Å²) in [5.41, 5.74) is 8.02. The number of aromatic nitrogens is 4. The van der Waals surface area contributed by atoms with E-state index in [0.29, 0.717) is 24.2 Å². The van der Waals surface area contributed by atoms with Gasteiger partial charge in [0.15, 0.2) is 17.0 Å². The van der Waals surface area contributed by atoms with Crippen molar-refractivity contribution in [3.63, 3.8) is 0 Å². The Kier molecular flexibility index (Phi) is 8.93. The summed E-state index contributed by atoms with van der Waals surface area (Å²) in [6, 6.07) is 1.65. The monoisotopic (exact) mass is 498 g/mol. The largest absolute Gasteiger partial charge is 0.382 e. The molecule has 36 heavy (non-hydrogen) atoms. The molecule has 0 bridgehead atoms. The number of nitrogens with one attached hydrogen (secondary N) is 2. The number of hydrogen-bond donors (Lipinski definition) is 3. The standard InChI is InChI=1S/C27H46N8O/c1-2-36-18-6-5-15-34-16-13-22(14-17-34)30-25-24-26(35(19-29-24)23-7-3-4-8-23)33-27(32-25)31-21-11-9-20(28)10-12-21/h19-23H,2-18,28H2,1H3,(H2,30,31,32,33). The van der Waals surface area contributed by atoms with E-state index in [1.807, 2.05) is 6.33 Å². The number of ether oxygens (including phenoxy) is 1. The topological polar surface area (TPSA) is 106 Å². The molecule has 200 valence electrons. The van der Waals surface area contributed by atoms with E-state index in [-0.39, 0.29) is 0 Å². The Hall–Kier alpha value is -1.97. The Morgan fingerprint density at radius 3 is 2.44 bits per heavy atom. The van der Waals surface area contributed by atoms with Crippen molar-refractivity contribution in [1.29, 1.82) is 0 Å². The molecule has 2 aromatic heterocycles. The molecule has 2 aliphatic carbocycles. The van der Waals surface area contributed by atoms with Gasteiger partial charge in [0.05, 0.1) is 6.33 Å². The van der Waals surface area contributed by atoms with Gasteiger partial charge in [0.25, 0.3) is 0 Å². The Bertz CT molecular complexity index is 943. The van der Waals surface area contributed by atoms with Crippen molar-refractivity contribution in [2.24, 2.45) is 5.73 Å². The number of hydrogen-bond acceptors (Lipinski definition) is 8. The number of anilines is 2. The van der Waals surface area contributed by atoms with E-state index in [1.165, 1.54) is 38.6 Å². The number of nitrogens with two attached hydrogens (primary N) is 1. The van der Waals surface area contributed by atoms with Gasteiger partial charge in [0, 0.05) is 50.5 Å². The zero-order chi connectivity index (χ0) is 24.7. The van der Waals surface area contributed by atoms with Crippen molar-refractivity contribution in [1.82, 2.24) is 24.4 Å². The molecule has 0 atom stereocenters. The molecular weight excluding hydrogens is 452 g/mol. The maximum atomic E-state index is 6.13. The number of rotatable bonds is 11. The first-order valence-corrected chi connectivity index (χ1v) is 14.5. The van der Waals surface area contributed by atoms with Crippen LogP contribution in [0, 0.1) is 0 Å². The molecule has 3 heterocycles. The molecule has 0 radical (unpaired) electrons. The summed E-state index contributed by atoms with van der Waals surface area (Å²) < 4.78 is 7.79.